The Morgan fingerprint density at radius 1 is 0.958 bits per heavy atom. The van der Waals surface area contributed by atoms with Crippen LogP contribution in [0.2, 0.25) is 0 Å². The van der Waals surface area contributed by atoms with Crippen LogP contribution in [0.4, 0.5) is 0 Å². The first-order valence-electron chi connectivity index (χ1n) is 9.72. The van der Waals surface area contributed by atoms with E-state index in [0.717, 1.165) is 45.4 Å². The Labute approximate surface area is 145 Å². The van der Waals surface area contributed by atoms with Gasteiger partial charge in [0.1, 0.15) is 5.78 Å². The fourth-order valence-electron chi connectivity index (χ4n) is 5.08. The predicted octanol–water partition coefficient (Wildman–Crippen LogP) is 3.82. The first-order chi connectivity index (χ1) is 11.8. The number of ether oxygens (including phenoxy) is 1. The molecule has 1 aromatic rings. The van der Waals surface area contributed by atoms with E-state index in [1.807, 2.05) is 0 Å². The van der Waals surface area contributed by atoms with Crippen LogP contribution in [0.15, 0.2) is 30.3 Å². The Bertz CT molecular complexity index is 538. The molecule has 0 N–H and O–H groups in total. The molecule has 2 bridgehead atoms. The van der Waals surface area contributed by atoms with Crippen molar-refractivity contribution in [3.63, 3.8) is 0 Å². The van der Waals surface area contributed by atoms with E-state index in [4.69, 9.17) is 4.74 Å². The minimum Gasteiger partial charge on any atom is -0.381 e. The van der Waals surface area contributed by atoms with Crippen molar-refractivity contribution in [1.82, 2.24) is 4.90 Å². The predicted molar refractivity (Wildman–Crippen MR) is 94.7 cm³/mol. The number of carbonyl (C=O) groups is 1. The zero-order valence-electron chi connectivity index (χ0n) is 14.5. The first-order valence-corrected chi connectivity index (χ1v) is 9.72. The molecule has 0 amide bonds. The Morgan fingerprint density at radius 2 is 1.62 bits per heavy atom. The van der Waals surface area contributed by atoms with Crippen molar-refractivity contribution >= 4 is 5.78 Å². The zero-order chi connectivity index (χ0) is 16.4. The van der Waals surface area contributed by atoms with Gasteiger partial charge in [-0.1, -0.05) is 36.8 Å². The molecule has 0 radical (unpaired) electrons. The van der Waals surface area contributed by atoms with Crippen molar-refractivity contribution in [3.05, 3.63) is 35.9 Å². The molecule has 1 aromatic carbocycles. The lowest BCUT2D eigenvalue weighted by molar-refractivity contribution is -0.134. The SMILES string of the molecule is O=C(C1CCOCC1)C1CC2CCCC(C1)N2Cc1ccccc1. The van der Waals surface area contributed by atoms with E-state index in [2.05, 4.69) is 35.2 Å². The third-order valence-electron chi connectivity index (χ3n) is 6.36. The highest BCUT2D eigenvalue weighted by Crippen LogP contribution is 2.39. The molecule has 3 heteroatoms. The van der Waals surface area contributed by atoms with E-state index in [0.29, 0.717) is 23.8 Å². The van der Waals surface area contributed by atoms with Crippen LogP contribution < -0.4 is 0 Å². The maximum Gasteiger partial charge on any atom is 0.139 e. The molecular formula is C21H29NO2. The minimum atomic E-state index is 0.269. The summed E-state index contributed by atoms with van der Waals surface area (Å²) >= 11 is 0. The number of ketones is 1. The lowest BCUT2D eigenvalue weighted by atomic mass is 9.73. The van der Waals surface area contributed by atoms with E-state index in [1.54, 1.807) is 0 Å². The quantitative estimate of drug-likeness (QED) is 0.842. The highest BCUT2D eigenvalue weighted by molar-refractivity contribution is 5.83. The molecule has 3 heterocycles. The van der Waals surface area contributed by atoms with E-state index in [-0.39, 0.29) is 5.92 Å². The minimum absolute atomic E-state index is 0.269. The topological polar surface area (TPSA) is 29.5 Å². The van der Waals surface area contributed by atoms with Crippen molar-refractivity contribution in [1.29, 1.82) is 0 Å². The van der Waals surface area contributed by atoms with Crippen molar-refractivity contribution in [3.8, 4) is 0 Å². The number of benzene rings is 1. The summed E-state index contributed by atoms with van der Waals surface area (Å²) in [5.41, 5.74) is 1.41. The van der Waals surface area contributed by atoms with Gasteiger partial charge in [0.15, 0.2) is 0 Å². The summed E-state index contributed by atoms with van der Waals surface area (Å²) in [7, 11) is 0. The van der Waals surface area contributed by atoms with Crippen molar-refractivity contribution < 1.29 is 9.53 Å². The molecule has 0 aliphatic carbocycles. The Morgan fingerprint density at radius 3 is 2.29 bits per heavy atom. The Kier molecular flexibility index (Phi) is 5.00. The van der Waals surface area contributed by atoms with Gasteiger partial charge in [0, 0.05) is 43.7 Å². The molecule has 2 atom stereocenters. The summed E-state index contributed by atoms with van der Waals surface area (Å²) in [5, 5.41) is 0. The van der Waals surface area contributed by atoms with E-state index in [9.17, 15) is 4.79 Å². The van der Waals surface area contributed by atoms with Crippen LogP contribution in [-0.2, 0) is 16.1 Å². The molecule has 0 spiro atoms. The molecule has 0 saturated carbocycles. The van der Waals surface area contributed by atoms with Crippen LogP contribution in [-0.4, -0.2) is 36.0 Å². The fourth-order valence-corrected chi connectivity index (χ4v) is 5.08. The molecule has 2 unspecified atom stereocenters. The molecule has 3 fully saturated rings. The largest absolute Gasteiger partial charge is 0.381 e. The molecule has 3 saturated heterocycles. The summed E-state index contributed by atoms with van der Waals surface area (Å²) in [6.07, 6.45) is 7.91. The average molecular weight is 327 g/mol. The van der Waals surface area contributed by atoms with Gasteiger partial charge in [-0.05, 0) is 44.1 Å². The van der Waals surface area contributed by atoms with Gasteiger partial charge in [-0.2, -0.15) is 0 Å². The van der Waals surface area contributed by atoms with Crippen molar-refractivity contribution in [2.24, 2.45) is 11.8 Å². The normalized spacial score (nSPS) is 31.8. The van der Waals surface area contributed by atoms with Gasteiger partial charge in [0.25, 0.3) is 0 Å². The molecule has 130 valence electrons. The maximum atomic E-state index is 13.0. The number of Topliss-reactive ketones (excluding diaryl/α,β-unsaturated/α-hetero) is 1. The summed E-state index contributed by atoms with van der Waals surface area (Å²) in [5.74, 6) is 1.12. The number of rotatable bonds is 4. The van der Waals surface area contributed by atoms with Gasteiger partial charge in [-0.25, -0.2) is 0 Å². The van der Waals surface area contributed by atoms with Gasteiger partial charge in [-0.3, -0.25) is 9.69 Å². The molecule has 24 heavy (non-hydrogen) atoms. The first kappa shape index (κ1) is 16.3. The summed E-state index contributed by atoms with van der Waals surface area (Å²) < 4.78 is 5.43. The van der Waals surface area contributed by atoms with Crippen molar-refractivity contribution in [2.75, 3.05) is 13.2 Å². The monoisotopic (exact) mass is 327 g/mol. The molecule has 3 aliphatic heterocycles. The second-order valence-electron chi connectivity index (χ2n) is 7.85. The highest BCUT2D eigenvalue weighted by atomic mass is 16.5. The second kappa shape index (κ2) is 7.37. The van der Waals surface area contributed by atoms with Gasteiger partial charge < -0.3 is 4.74 Å². The maximum absolute atomic E-state index is 13.0. The third-order valence-corrected chi connectivity index (χ3v) is 6.36. The van der Waals surface area contributed by atoms with Gasteiger partial charge >= 0.3 is 0 Å². The van der Waals surface area contributed by atoms with Crippen LogP contribution in [0.1, 0.15) is 50.5 Å². The van der Waals surface area contributed by atoms with E-state index in [1.165, 1.54) is 24.8 Å². The molecule has 0 aromatic heterocycles. The second-order valence-corrected chi connectivity index (χ2v) is 7.85. The smallest absolute Gasteiger partial charge is 0.139 e. The summed E-state index contributed by atoms with van der Waals surface area (Å²) in [4.78, 5) is 15.7. The van der Waals surface area contributed by atoms with Crippen LogP contribution in [0.5, 0.6) is 0 Å². The van der Waals surface area contributed by atoms with Crippen LogP contribution in [0.25, 0.3) is 0 Å². The molecule has 3 nitrogen and oxygen atoms in total. The lowest BCUT2D eigenvalue weighted by Gasteiger charge is -2.49. The van der Waals surface area contributed by atoms with E-state index >= 15 is 0 Å². The number of piperidine rings is 2. The zero-order valence-corrected chi connectivity index (χ0v) is 14.5. The molecule has 4 rings (SSSR count). The average Bonchev–Trinajstić information content (AvgIpc) is 2.62. The van der Waals surface area contributed by atoms with Crippen LogP contribution >= 0.6 is 0 Å². The van der Waals surface area contributed by atoms with Crippen LogP contribution in [0.3, 0.4) is 0 Å². The number of hydrogen-bond donors (Lipinski definition) is 0. The van der Waals surface area contributed by atoms with Crippen molar-refractivity contribution in [2.45, 2.75) is 63.6 Å². The van der Waals surface area contributed by atoms with Gasteiger partial charge in [-0.15, -0.1) is 0 Å². The fraction of sp³-hybridized carbons (Fsp3) is 0.667. The standard InChI is InChI=1S/C21H29NO2/c23-21(17-9-11-24-12-10-17)18-13-19-7-4-8-20(14-18)22(19)15-16-5-2-1-3-6-16/h1-3,5-6,17-20H,4,7-15H2. The number of fused-ring (bicyclic) bond motifs is 2. The summed E-state index contributed by atoms with van der Waals surface area (Å²) in [6, 6.07) is 12.0. The van der Waals surface area contributed by atoms with Gasteiger partial charge in [0.2, 0.25) is 0 Å². The summed E-state index contributed by atoms with van der Waals surface area (Å²) in [6.45, 7) is 2.60. The Hall–Kier alpha value is -1.19. The Balaban J connectivity index is 1.43. The molecular weight excluding hydrogens is 298 g/mol. The third kappa shape index (κ3) is 3.43. The molecule has 3 aliphatic rings. The lowest BCUT2D eigenvalue weighted by Crippen LogP contribution is -2.53. The number of nitrogens with zero attached hydrogens (tertiary/aromatic N) is 1. The number of carbonyl (C=O) groups excluding carboxylic acids is 1. The van der Waals surface area contributed by atoms with Gasteiger partial charge in [0.05, 0.1) is 0 Å². The van der Waals surface area contributed by atoms with Crippen LogP contribution in [0, 0.1) is 11.8 Å². The highest BCUT2D eigenvalue weighted by Gasteiger charge is 2.41. The van der Waals surface area contributed by atoms with E-state index < -0.39 is 0 Å². The number of hydrogen-bond acceptors (Lipinski definition) is 3.